The molecule has 1 saturated heterocycles. The zero-order valence-electron chi connectivity index (χ0n) is 12.5. The number of nitrogens with zero attached hydrogens (tertiary/aromatic N) is 1. The molecule has 1 amide bonds. The molecule has 0 radical (unpaired) electrons. The Balaban J connectivity index is 2.75. The zero-order chi connectivity index (χ0) is 13.7. The lowest BCUT2D eigenvalue weighted by Gasteiger charge is -2.34. The van der Waals surface area contributed by atoms with E-state index in [9.17, 15) is 4.79 Å². The first-order valence-electron chi connectivity index (χ1n) is 7.49. The summed E-state index contributed by atoms with van der Waals surface area (Å²) in [5.74, 6) is 0.851. The van der Waals surface area contributed by atoms with E-state index in [-0.39, 0.29) is 17.9 Å². The highest BCUT2D eigenvalue weighted by atomic mass is 16.2. The van der Waals surface area contributed by atoms with E-state index >= 15 is 0 Å². The van der Waals surface area contributed by atoms with Crippen LogP contribution < -0.4 is 5.73 Å². The summed E-state index contributed by atoms with van der Waals surface area (Å²) in [4.78, 5) is 14.7. The average molecular weight is 254 g/mol. The number of amides is 1. The number of carbonyl (C=O) groups is 1. The van der Waals surface area contributed by atoms with E-state index in [0.29, 0.717) is 12.0 Å². The van der Waals surface area contributed by atoms with Gasteiger partial charge >= 0.3 is 0 Å². The van der Waals surface area contributed by atoms with E-state index in [2.05, 4.69) is 18.7 Å². The molecular formula is C15H30N2O. The van der Waals surface area contributed by atoms with Crippen molar-refractivity contribution in [2.75, 3.05) is 6.54 Å². The highest BCUT2D eigenvalue weighted by Gasteiger charge is 2.30. The Morgan fingerprint density at radius 2 is 1.89 bits per heavy atom. The van der Waals surface area contributed by atoms with E-state index in [1.807, 2.05) is 13.8 Å². The molecular weight excluding hydrogens is 224 g/mol. The number of carbonyl (C=O) groups excluding carboxylic acids is 1. The molecule has 1 rings (SSSR count). The monoisotopic (exact) mass is 254 g/mol. The lowest BCUT2D eigenvalue weighted by molar-refractivity contribution is -0.138. The Morgan fingerprint density at radius 3 is 2.44 bits per heavy atom. The highest BCUT2D eigenvalue weighted by Crippen LogP contribution is 2.24. The van der Waals surface area contributed by atoms with Crippen LogP contribution in [0.3, 0.4) is 0 Å². The summed E-state index contributed by atoms with van der Waals surface area (Å²) in [7, 11) is 0. The molecule has 3 nitrogen and oxygen atoms in total. The van der Waals surface area contributed by atoms with Crippen molar-refractivity contribution in [3.63, 3.8) is 0 Å². The highest BCUT2D eigenvalue weighted by molar-refractivity contribution is 5.79. The smallest absolute Gasteiger partial charge is 0.227 e. The van der Waals surface area contributed by atoms with Crippen LogP contribution in [0.1, 0.15) is 59.8 Å². The van der Waals surface area contributed by atoms with Crippen molar-refractivity contribution in [3.8, 4) is 0 Å². The molecule has 1 heterocycles. The molecule has 0 saturated carbocycles. The van der Waals surface area contributed by atoms with Crippen LogP contribution >= 0.6 is 0 Å². The van der Waals surface area contributed by atoms with Gasteiger partial charge in [-0.1, -0.05) is 33.6 Å². The summed E-state index contributed by atoms with van der Waals surface area (Å²) in [5.41, 5.74) is 5.88. The largest absolute Gasteiger partial charge is 0.339 e. The molecule has 3 heteroatoms. The topological polar surface area (TPSA) is 46.3 Å². The van der Waals surface area contributed by atoms with Crippen molar-refractivity contribution in [2.45, 2.75) is 71.9 Å². The molecule has 0 aromatic carbocycles. The van der Waals surface area contributed by atoms with Gasteiger partial charge in [-0.3, -0.25) is 4.79 Å². The van der Waals surface area contributed by atoms with Crippen LogP contribution in [-0.4, -0.2) is 29.4 Å². The Bertz CT molecular complexity index is 263. The number of rotatable bonds is 4. The predicted molar refractivity (Wildman–Crippen MR) is 76.2 cm³/mol. The lowest BCUT2D eigenvalue weighted by atomic mass is 9.96. The number of nitrogens with two attached hydrogens (primary N) is 1. The van der Waals surface area contributed by atoms with Crippen molar-refractivity contribution < 1.29 is 4.79 Å². The summed E-state index contributed by atoms with van der Waals surface area (Å²) in [6.45, 7) is 9.29. The van der Waals surface area contributed by atoms with E-state index in [1.165, 1.54) is 12.8 Å². The van der Waals surface area contributed by atoms with Crippen LogP contribution in [0.4, 0.5) is 0 Å². The second-order valence-corrected chi connectivity index (χ2v) is 6.31. The van der Waals surface area contributed by atoms with E-state index in [4.69, 9.17) is 5.73 Å². The van der Waals surface area contributed by atoms with Gasteiger partial charge in [0.15, 0.2) is 0 Å². The average Bonchev–Trinajstić information content (AvgIpc) is 2.51. The molecule has 3 unspecified atom stereocenters. The Hall–Kier alpha value is -0.570. The van der Waals surface area contributed by atoms with Gasteiger partial charge < -0.3 is 10.6 Å². The van der Waals surface area contributed by atoms with Crippen LogP contribution in [0.15, 0.2) is 0 Å². The molecule has 0 aromatic heterocycles. The predicted octanol–water partition coefficient (Wildman–Crippen LogP) is 2.79. The molecule has 3 atom stereocenters. The number of hydrogen-bond acceptors (Lipinski definition) is 2. The van der Waals surface area contributed by atoms with Crippen LogP contribution in [0.25, 0.3) is 0 Å². The third-order valence-electron chi connectivity index (χ3n) is 4.08. The summed E-state index contributed by atoms with van der Waals surface area (Å²) in [5, 5.41) is 0. The molecule has 106 valence electrons. The minimum Gasteiger partial charge on any atom is -0.339 e. The fourth-order valence-corrected chi connectivity index (χ4v) is 2.74. The standard InChI is InChI=1S/C15H30N2O/c1-11(2)10-14-8-6-5-7-9-17(14)15(18)12(3)13(4)16/h11-14H,5-10,16H2,1-4H3. The van der Waals surface area contributed by atoms with E-state index in [1.54, 1.807) is 0 Å². The summed E-state index contributed by atoms with van der Waals surface area (Å²) in [6.07, 6.45) is 5.94. The first-order chi connectivity index (χ1) is 8.43. The fourth-order valence-electron chi connectivity index (χ4n) is 2.74. The van der Waals surface area contributed by atoms with Crippen LogP contribution in [0.2, 0.25) is 0 Å². The normalized spacial score (nSPS) is 24.8. The van der Waals surface area contributed by atoms with E-state index < -0.39 is 0 Å². The Labute approximate surface area is 112 Å². The lowest BCUT2D eigenvalue weighted by Crippen LogP contribution is -2.47. The summed E-state index contributed by atoms with van der Waals surface area (Å²) >= 11 is 0. The molecule has 0 bridgehead atoms. The van der Waals surface area contributed by atoms with Gasteiger partial charge in [0, 0.05) is 18.6 Å². The maximum absolute atomic E-state index is 12.5. The molecule has 0 aliphatic carbocycles. The van der Waals surface area contributed by atoms with Gasteiger partial charge in [-0.2, -0.15) is 0 Å². The quantitative estimate of drug-likeness (QED) is 0.838. The Morgan fingerprint density at radius 1 is 1.22 bits per heavy atom. The summed E-state index contributed by atoms with van der Waals surface area (Å²) < 4.78 is 0. The fraction of sp³-hybridized carbons (Fsp3) is 0.933. The molecule has 0 spiro atoms. The molecule has 2 N–H and O–H groups in total. The second kappa shape index (κ2) is 7.13. The summed E-state index contributed by atoms with van der Waals surface area (Å²) in [6, 6.07) is 0.377. The first kappa shape index (κ1) is 15.5. The van der Waals surface area contributed by atoms with Gasteiger partial charge in [0.1, 0.15) is 0 Å². The van der Waals surface area contributed by atoms with Crippen molar-refractivity contribution >= 4 is 5.91 Å². The SMILES string of the molecule is CC(C)CC1CCCCCN1C(=O)C(C)C(C)N. The minimum atomic E-state index is -0.0576. The van der Waals surface area contributed by atoms with Crippen LogP contribution in [0.5, 0.6) is 0 Å². The van der Waals surface area contributed by atoms with Gasteiger partial charge in [-0.25, -0.2) is 0 Å². The molecule has 18 heavy (non-hydrogen) atoms. The third kappa shape index (κ3) is 4.27. The van der Waals surface area contributed by atoms with Gasteiger partial charge in [0.2, 0.25) is 5.91 Å². The maximum Gasteiger partial charge on any atom is 0.227 e. The van der Waals surface area contributed by atoms with Crippen LogP contribution in [0, 0.1) is 11.8 Å². The zero-order valence-corrected chi connectivity index (χ0v) is 12.5. The van der Waals surface area contributed by atoms with Crippen molar-refractivity contribution in [1.82, 2.24) is 4.90 Å². The molecule has 0 aromatic rings. The van der Waals surface area contributed by atoms with Gasteiger partial charge in [0.25, 0.3) is 0 Å². The number of hydrogen-bond donors (Lipinski definition) is 1. The third-order valence-corrected chi connectivity index (χ3v) is 4.08. The van der Waals surface area contributed by atoms with Gasteiger partial charge in [-0.05, 0) is 32.1 Å². The van der Waals surface area contributed by atoms with Gasteiger partial charge in [0.05, 0.1) is 5.92 Å². The van der Waals surface area contributed by atoms with Crippen molar-refractivity contribution in [2.24, 2.45) is 17.6 Å². The van der Waals surface area contributed by atoms with Gasteiger partial charge in [-0.15, -0.1) is 0 Å². The maximum atomic E-state index is 12.5. The first-order valence-corrected chi connectivity index (χ1v) is 7.49. The van der Waals surface area contributed by atoms with Crippen molar-refractivity contribution in [3.05, 3.63) is 0 Å². The Kier molecular flexibility index (Phi) is 6.13. The molecule has 1 fully saturated rings. The van der Waals surface area contributed by atoms with E-state index in [0.717, 1.165) is 25.8 Å². The molecule has 1 aliphatic rings. The minimum absolute atomic E-state index is 0.0551. The van der Waals surface area contributed by atoms with Crippen LogP contribution in [-0.2, 0) is 4.79 Å². The van der Waals surface area contributed by atoms with Crippen molar-refractivity contribution in [1.29, 1.82) is 0 Å². The second-order valence-electron chi connectivity index (χ2n) is 6.31. The number of likely N-dealkylation sites (tertiary alicyclic amines) is 1. The molecule has 1 aliphatic heterocycles.